The summed E-state index contributed by atoms with van der Waals surface area (Å²) in [5.41, 5.74) is 0. The molecule has 2 N–H and O–H groups in total. The third-order valence-corrected chi connectivity index (χ3v) is 4.26. The van der Waals surface area contributed by atoms with Gasteiger partial charge < -0.3 is 9.84 Å². The van der Waals surface area contributed by atoms with Crippen molar-refractivity contribution >= 4 is 16.0 Å². The molecule has 1 atom stereocenters. The molecule has 0 aromatic heterocycles. The highest BCUT2D eigenvalue weighted by molar-refractivity contribution is 7.89. The molecule has 0 aliphatic rings. The van der Waals surface area contributed by atoms with Crippen LogP contribution in [0.3, 0.4) is 0 Å². The summed E-state index contributed by atoms with van der Waals surface area (Å²) in [5.74, 6) is -4.57. The number of carboxylic acid groups (broad SMARTS) is 1. The van der Waals surface area contributed by atoms with Crippen LogP contribution in [0.25, 0.3) is 0 Å². The predicted octanol–water partition coefficient (Wildman–Crippen LogP) is 2.50. The maximum atomic E-state index is 13.8. The van der Waals surface area contributed by atoms with Crippen LogP contribution >= 0.6 is 0 Å². The van der Waals surface area contributed by atoms with Crippen LogP contribution in [0, 0.1) is 11.7 Å². The molecule has 136 valence electrons. The van der Waals surface area contributed by atoms with Gasteiger partial charge in [0.1, 0.15) is 11.9 Å². The number of aliphatic carboxylic acids is 1. The van der Waals surface area contributed by atoms with E-state index in [4.69, 9.17) is 5.11 Å². The lowest BCUT2D eigenvalue weighted by Gasteiger charge is -2.19. The van der Waals surface area contributed by atoms with E-state index in [1.54, 1.807) is 18.6 Å². The molecule has 0 radical (unpaired) electrons. The minimum Gasteiger partial charge on any atom is -0.480 e. The number of hydrogen-bond donors (Lipinski definition) is 2. The summed E-state index contributed by atoms with van der Waals surface area (Å²) in [4.78, 5) is 9.71. The van der Waals surface area contributed by atoms with Gasteiger partial charge in [-0.05, 0) is 24.5 Å². The molecule has 0 saturated carbocycles. The zero-order valence-electron chi connectivity index (χ0n) is 12.6. The van der Waals surface area contributed by atoms with Gasteiger partial charge in [-0.25, -0.2) is 12.8 Å². The van der Waals surface area contributed by atoms with Gasteiger partial charge in [0.05, 0.1) is 0 Å². The van der Waals surface area contributed by atoms with Crippen LogP contribution in [-0.4, -0.2) is 31.9 Å². The smallest absolute Gasteiger partial charge is 0.480 e. The lowest BCUT2D eigenvalue weighted by Crippen LogP contribution is -2.42. The van der Waals surface area contributed by atoms with Crippen molar-refractivity contribution < 1.29 is 40.6 Å². The van der Waals surface area contributed by atoms with Gasteiger partial charge in [0, 0.05) is 0 Å². The van der Waals surface area contributed by atoms with E-state index in [1.165, 1.54) is 0 Å². The van der Waals surface area contributed by atoms with Crippen LogP contribution in [0.4, 0.5) is 17.6 Å². The lowest BCUT2D eigenvalue weighted by atomic mass is 10.1. The normalized spacial score (nSPS) is 13.8. The summed E-state index contributed by atoms with van der Waals surface area (Å²) in [6, 6.07) is 0.436. The molecule has 0 spiro atoms. The van der Waals surface area contributed by atoms with E-state index < -0.39 is 44.9 Å². The van der Waals surface area contributed by atoms with Gasteiger partial charge in [-0.3, -0.25) is 4.79 Å². The Morgan fingerprint density at radius 3 is 2.38 bits per heavy atom. The number of carbonyl (C=O) groups is 1. The van der Waals surface area contributed by atoms with Crippen molar-refractivity contribution in [3.05, 3.63) is 24.0 Å². The Kier molecular flexibility index (Phi) is 6.17. The van der Waals surface area contributed by atoms with E-state index in [0.29, 0.717) is 12.1 Å². The van der Waals surface area contributed by atoms with Crippen LogP contribution in [-0.2, 0) is 14.8 Å². The molecular weight excluding hydrogens is 358 g/mol. The Hall–Kier alpha value is -1.88. The first kappa shape index (κ1) is 20.2. The standard InChI is InChI=1S/C13H15F4NO5S/c1-7(2)6-9(12(19)20)18-24(21,22)11-8(14)4-3-5-10(11)23-13(15,16)17/h3-5,7,9,18H,6H2,1-2H3,(H,19,20)/t9-/m0/s1. The Balaban J connectivity index is 3.29. The number of sulfonamides is 1. The first-order chi connectivity index (χ1) is 10.8. The van der Waals surface area contributed by atoms with Crippen molar-refractivity contribution in [1.82, 2.24) is 4.72 Å². The maximum Gasteiger partial charge on any atom is 0.573 e. The van der Waals surface area contributed by atoms with Crippen molar-refractivity contribution in [2.75, 3.05) is 0 Å². The monoisotopic (exact) mass is 373 g/mol. The molecule has 6 nitrogen and oxygen atoms in total. The highest BCUT2D eigenvalue weighted by Gasteiger charge is 2.36. The number of alkyl halides is 3. The number of nitrogens with one attached hydrogen (secondary N) is 1. The van der Waals surface area contributed by atoms with Crippen LogP contribution in [0.1, 0.15) is 20.3 Å². The predicted molar refractivity (Wildman–Crippen MR) is 74.3 cm³/mol. The van der Waals surface area contributed by atoms with Crippen molar-refractivity contribution in [3.8, 4) is 5.75 Å². The van der Waals surface area contributed by atoms with Gasteiger partial charge in [0.15, 0.2) is 10.6 Å². The average molecular weight is 373 g/mol. The summed E-state index contributed by atoms with van der Waals surface area (Å²) in [6.07, 6.45) is -5.39. The SMILES string of the molecule is CC(C)C[C@H](NS(=O)(=O)c1c(F)cccc1OC(F)(F)F)C(=O)O. The third-order valence-electron chi connectivity index (χ3n) is 2.73. The van der Waals surface area contributed by atoms with Gasteiger partial charge >= 0.3 is 12.3 Å². The van der Waals surface area contributed by atoms with E-state index >= 15 is 0 Å². The Morgan fingerprint density at radius 1 is 1.33 bits per heavy atom. The highest BCUT2D eigenvalue weighted by atomic mass is 32.2. The fourth-order valence-corrected chi connectivity index (χ4v) is 3.26. The zero-order chi connectivity index (χ0) is 18.7. The molecule has 11 heteroatoms. The molecule has 0 saturated heterocycles. The second-order valence-electron chi connectivity index (χ2n) is 5.26. The molecule has 0 heterocycles. The molecule has 1 rings (SSSR count). The van der Waals surface area contributed by atoms with Crippen LogP contribution in [0.15, 0.2) is 23.1 Å². The molecule has 0 unspecified atom stereocenters. The number of rotatable bonds is 7. The van der Waals surface area contributed by atoms with E-state index in [2.05, 4.69) is 4.74 Å². The number of carboxylic acids is 1. The Morgan fingerprint density at radius 2 is 1.92 bits per heavy atom. The minimum atomic E-state index is -5.25. The van der Waals surface area contributed by atoms with E-state index in [9.17, 15) is 30.8 Å². The average Bonchev–Trinajstić information content (AvgIpc) is 2.34. The summed E-state index contributed by atoms with van der Waals surface area (Å²) in [5, 5.41) is 9.03. The van der Waals surface area contributed by atoms with Crippen LogP contribution in [0.2, 0.25) is 0 Å². The lowest BCUT2D eigenvalue weighted by molar-refractivity contribution is -0.275. The number of ether oxygens (including phenoxy) is 1. The number of benzene rings is 1. The van der Waals surface area contributed by atoms with Gasteiger partial charge in [0.25, 0.3) is 0 Å². The minimum absolute atomic E-state index is 0.140. The van der Waals surface area contributed by atoms with Gasteiger partial charge in [-0.2, -0.15) is 4.72 Å². The summed E-state index contributed by atoms with van der Waals surface area (Å²) in [6.45, 7) is 3.23. The zero-order valence-corrected chi connectivity index (χ0v) is 13.4. The molecule has 1 aromatic carbocycles. The molecule has 24 heavy (non-hydrogen) atoms. The van der Waals surface area contributed by atoms with E-state index in [0.717, 1.165) is 6.07 Å². The van der Waals surface area contributed by atoms with Gasteiger partial charge in [-0.1, -0.05) is 19.9 Å². The molecular formula is C13H15F4NO5S. The Bertz CT molecular complexity index is 703. The first-order valence-corrected chi connectivity index (χ1v) is 8.11. The van der Waals surface area contributed by atoms with E-state index in [-0.39, 0.29) is 12.3 Å². The largest absolute Gasteiger partial charge is 0.573 e. The van der Waals surface area contributed by atoms with Gasteiger partial charge in [-0.15, -0.1) is 13.2 Å². The molecule has 1 aromatic rings. The van der Waals surface area contributed by atoms with Crippen molar-refractivity contribution in [2.45, 2.75) is 37.6 Å². The number of hydrogen-bond acceptors (Lipinski definition) is 4. The fraction of sp³-hybridized carbons (Fsp3) is 0.462. The van der Waals surface area contributed by atoms with E-state index in [1.807, 2.05) is 0 Å². The van der Waals surface area contributed by atoms with Crippen molar-refractivity contribution in [3.63, 3.8) is 0 Å². The molecule has 0 amide bonds. The molecule has 0 aliphatic carbocycles. The van der Waals surface area contributed by atoms with Crippen molar-refractivity contribution in [1.29, 1.82) is 0 Å². The second-order valence-corrected chi connectivity index (χ2v) is 6.91. The van der Waals surface area contributed by atoms with Crippen LogP contribution in [0.5, 0.6) is 5.75 Å². The Labute approximate surface area is 135 Å². The summed E-state index contributed by atoms with van der Waals surface area (Å²) >= 11 is 0. The topological polar surface area (TPSA) is 92.7 Å². The fourth-order valence-electron chi connectivity index (χ4n) is 1.87. The number of halogens is 4. The quantitative estimate of drug-likeness (QED) is 0.717. The summed E-state index contributed by atoms with van der Waals surface area (Å²) < 4.78 is 80.5. The highest BCUT2D eigenvalue weighted by Crippen LogP contribution is 2.31. The third kappa shape index (κ3) is 5.64. The van der Waals surface area contributed by atoms with Gasteiger partial charge in [0.2, 0.25) is 10.0 Å². The second kappa shape index (κ2) is 7.34. The molecule has 0 fully saturated rings. The molecule has 0 aliphatic heterocycles. The molecule has 0 bridgehead atoms. The summed E-state index contributed by atoms with van der Waals surface area (Å²) in [7, 11) is -4.91. The maximum absolute atomic E-state index is 13.8. The first-order valence-electron chi connectivity index (χ1n) is 6.63. The van der Waals surface area contributed by atoms with Crippen LogP contribution < -0.4 is 9.46 Å². The van der Waals surface area contributed by atoms with Crippen molar-refractivity contribution in [2.24, 2.45) is 5.92 Å².